The van der Waals surface area contributed by atoms with Crippen molar-refractivity contribution in [3.8, 4) is 5.75 Å². The van der Waals surface area contributed by atoms with Gasteiger partial charge in [0.2, 0.25) is 5.91 Å². The number of hydrogen-bond donors (Lipinski definition) is 1. The van der Waals surface area contributed by atoms with Crippen LogP contribution in [0.25, 0.3) is 10.9 Å². The van der Waals surface area contributed by atoms with Crippen LogP contribution in [0.5, 0.6) is 5.75 Å². The number of aromatic nitrogens is 1. The van der Waals surface area contributed by atoms with Crippen molar-refractivity contribution in [2.45, 2.75) is 13.5 Å². The Morgan fingerprint density at radius 1 is 1.47 bits per heavy atom. The molecule has 0 aliphatic heterocycles. The van der Waals surface area contributed by atoms with Crippen LogP contribution < -0.4 is 10.1 Å². The van der Waals surface area contributed by atoms with Gasteiger partial charge in [0.05, 0.1) is 7.11 Å². The van der Waals surface area contributed by atoms with Crippen molar-refractivity contribution >= 4 is 16.8 Å². The van der Waals surface area contributed by atoms with Crippen LogP contribution in [0.4, 0.5) is 0 Å². The van der Waals surface area contributed by atoms with Gasteiger partial charge in [0, 0.05) is 37.6 Å². The smallest absolute Gasteiger partial charge is 0.217 e. The number of ether oxygens (including phenoxy) is 1. The molecule has 0 aliphatic rings. The zero-order chi connectivity index (χ0) is 12.4. The van der Waals surface area contributed by atoms with E-state index >= 15 is 0 Å². The van der Waals surface area contributed by atoms with Gasteiger partial charge >= 0.3 is 0 Å². The van der Waals surface area contributed by atoms with Crippen molar-refractivity contribution in [1.82, 2.24) is 9.88 Å². The lowest BCUT2D eigenvalue weighted by molar-refractivity contribution is -0.119. The first-order chi connectivity index (χ1) is 8.11. The normalized spacial score (nSPS) is 10.5. The Kier molecular flexibility index (Phi) is 3.04. The standard InChI is InChI=1S/C13H16N2O2/c1-9(16)14-7-10-8-15(2)13-5-4-11(17-3)6-12(10)13/h4-6,8H,7H2,1-3H3,(H,14,16). The molecular formula is C13H16N2O2. The number of benzene rings is 1. The van der Waals surface area contributed by atoms with E-state index in [1.54, 1.807) is 7.11 Å². The Labute approximate surface area is 100 Å². The molecule has 2 rings (SSSR count). The summed E-state index contributed by atoms with van der Waals surface area (Å²) in [7, 11) is 3.64. The number of methoxy groups -OCH3 is 1. The largest absolute Gasteiger partial charge is 0.497 e. The second kappa shape index (κ2) is 4.49. The molecule has 1 aromatic carbocycles. The number of fused-ring (bicyclic) bond motifs is 1. The van der Waals surface area contributed by atoms with Gasteiger partial charge in [-0.1, -0.05) is 0 Å². The minimum Gasteiger partial charge on any atom is -0.497 e. The van der Waals surface area contributed by atoms with Gasteiger partial charge in [-0.05, 0) is 23.8 Å². The van der Waals surface area contributed by atoms with Gasteiger partial charge < -0.3 is 14.6 Å². The van der Waals surface area contributed by atoms with Crippen molar-refractivity contribution in [2.24, 2.45) is 7.05 Å². The van der Waals surface area contributed by atoms with Gasteiger partial charge in [0.1, 0.15) is 5.75 Å². The molecule has 1 heterocycles. The molecule has 1 N–H and O–H groups in total. The Balaban J connectivity index is 2.43. The highest BCUT2D eigenvalue weighted by molar-refractivity contribution is 5.85. The molecule has 90 valence electrons. The van der Waals surface area contributed by atoms with Crippen molar-refractivity contribution in [3.63, 3.8) is 0 Å². The summed E-state index contributed by atoms with van der Waals surface area (Å²) in [4.78, 5) is 10.9. The molecule has 0 saturated heterocycles. The molecule has 1 aromatic heterocycles. The van der Waals surface area contributed by atoms with Gasteiger partial charge in [0.25, 0.3) is 0 Å². The van der Waals surface area contributed by atoms with Gasteiger partial charge in [-0.15, -0.1) is 0 Å². The molecule has 4 nitrogen and oxygen atoms in total. The summed E-state index contributed by atoms with van der Waals surface area (Å²) < 4.78 is 7.26. The zero-order valence-electron chi connectivity index (χ0n) is 10.3. The maximum absolute atomic E-state index is 10.9. The first-order valence-corrected chi connectivity index (χ1v) is 5.48. The van der Waals surface area contributed by atoms with Crippen LogP contribution in [-0.2, 0) is 18.4 Å². The molecule has 0 bridgehead atoms. The van der Waals surface area contributed by atoms with Crippen LogP contribution >= 0.6 is 0 Å². The summed E-state index contributed by atoms with van der Waals surface area (Å²) in [6.07, 6.45) is 2.03. The molecule has 2 aromatic rings. The lowest BCUT2D eigenvalue weighted by Crippen LogP contribution is -2.18. The molecule has 0 aliphatic carbocycles. The third kappa shape index (κ3) is 2.25. The third-order valence-electron chi connectivity index (χ3n) is 2.81. The van der Waals surface area contributed by atoms with E-state index in [4.69, 9.17) is 4.74 Å². The number of hydrogen-bond acceptors (Lipinski definition) is 2. The molecule has 1 amide bonds. The fraction of sp³-hybridized carbons (Fsp3) is 0.308. The van der Waals surface area contributed by atoms with Crippen LogP contribution in [0.2, 0.25) is 0 Å². The van der Waals surface area contributed by atoms with Crippen LogP contribution in [0.15, 0.2) is 24.4 Å². The third-order valence-corrected chi connectivity index (χ3v) is 2.81. The summed E-state index contributed by atoms with van der Waals surface area (Å²) in [5.74, 6) is 0.803. The highest BCUT2D eigenvalue weighted by Crippen LogP contribution is 2.25. The van der Waals surface area contributed by atoms with E-state index in [9.17, 15) is 4.79 Å². The Bertz CT molecular complexity index is 558. The second-order valence-corrected chi connectivity index (χ2v) is 4.06. The van der Waals surface area contributed by atoms with E-state index in [1.165, 1.54) is 6.92 Å². The first kappa shape index (κ1) is 11.5. The summed E-state index contributed by atoms with van der Waals surface area (Å²) >= 11 is 0. The van der Waals surface area contributed by atoms with Crippen molar-refractivity contribution in [1.29, 1.82) is 0 Å². The average molecular weight is 232 g/mol. The van der Waals surface area contributed by atoms with E-state index in [0.29, 0.717) is 6.54 Å². The Morgan fingerprint density at radius 3 is 2.88 bits per heavy atom. The molecule has 0 spiro atoms. The van der Waals surface area contributed by atoms with Crippen LogP contribution in [0.3, 0.4) is 0 Å². The molecule has 4 heteroatoms. The Morgan fingerprint density at radius 2 is 2.24 bits per heavy atom. The fourth-order valence-corrected chi connectivity index (χ4v) is 1.94. The van der Waals surface area contributed by atoms with E-state index in [2.05, 4.69) is 5.32 Å². The molecule has 0 unspecified atom stereocenters. The van der Waals surface area contributed by atoms with E-state index < -0.39 is 0 Å². The summed E-state index contributed by atoms with van der Waals surface area (Å²) in [6, 6.07) is 5.95. The van der Waals surface area contributed by atoms with Crippen LogP contribution in [-0.4, -0.2) is 17.6 Å². The fourth-order valence-electron chi connectivity index (χ4n) is 1.94. The number of carbonyl (C=O) groups excluding carboxylic acids is 1. The zero-order valence-corrected chi connectivity index (χ0v) is 10.3. The number of aryl methyl sites for hydroxylation is 1. The topological polar surface area (TPSA) is 43.3 Å². The molecule has 0 fully saturated rings. The van der Waals surface area contributed by atoms with Crippen LogP contribution in [0, 0.1) is 0 Å². The molecular weight excluding hydrogens is 216 g/mol. The molecule has 0 atom stereocenters. The van der Waals surface area contributed by atoms with Gasteiger partial charge in [-0.2, -0.15) is 0 Å². The lowest BCUT2D eigenvalue weighted by Gasteiger charge is -2.02. The van der Waals surface area contributed by atoms with Crippen molar-refractivity contribution < 1.29 is 9.53 Å². The molecule has 17 heavy (non-hydrogen) atoms. The number of amides is 1. The maximum atomic E-state index is 10.9. The van der Waals surface area contributed by atoms with E-state index in [0.717, 1.165) is 22.2 Å². The quantitative estimate of drug-likeness (QED) is 0.877. The summed E-state index contributed by atoms with van der Waals surface area (Å²) in [5.41, 5.74) is 2.22. The van der Waals surface area contributed by atoms with Crippen molar-refractivity contribution in [3.05, 3.63) is 30.0 Å². The van der Waals surface area contributed by atoms with Gasteiger partial charge in [-0.25, -0.2) is 0 Å². The minimum absolute atomic E-state index is 0.0232. The average Bonchev–Trinajstić information content (AvgIpc) is 2.63. The Hall–Kier alpha value is -1.97. The van der Waals surface area contributed by atoms with Crippen molar-refractivity contribution in [2.75, 3.05) is 7.11 Å². The highest BCUT2D eigenvalue weighted by atomic mass is 16.5. The highest BCUT2D eigenvalue weighted by Gasteiger charge is 2.07. The van der Waals surface area contributed by atoms with E-state index in [-0.39, 0.29) is 5.91 Å². The minimum atomic E-state index is -0.0232. The summed E-state index contributed by atoms with van der Waals surface area (Å²) in [6.45, 7) is 2.06. The number of nitrogens with zero attached hydrogens (tertiary/aromatic N) is 1. The second-order valence-electron chi connectivity index (χ2n) is 4.06. The van der Waals surface area contributed by atoms with E-state index in [1.807, 2.05) is 36.0 Å². The number of rotatable bonds is 3. The monoisotopic (exact) mass is 232 g/mol. The predicted molar refractivity (Wildman–Crippen MR) is 67.0 cm³/mol. The first-order valence-electron chi connectivity index (χ1n) is 5.48. The summed E-state index contributed by atoms with van der Waals surface area (Å²) in [5, 5.41) is 3.92. The lowest BCUT2D eigenvalue weighted by atomic mass is 10.1. The molecule has 0 radical (unpaired) electrons. The number of nitrogens with one attached hydrogen (secondary N) is 1. The molecule has 0 saturated carbocycles. The number of carbonyl (C=O) groups is 1. The SMILES string of the molecule is COc1ccc2c(c1)c(CNC(C)=O)cn2C. The van der Waals surface area contributed by atoms with Crippen LogP contribution in [0.1, 0.15) is 12.5 Å². The van der Waals surface area contributed by atoms with Gasteiger partial charge in [0.15, 0.2) is 0 Å². The maximum Gasteiger partial charge on any atom is 0.217 e. The predicted octanol–water partition coefficient (Wildman–Crippen LogP) is 1.82. The van der Waals surface area contributed by atoms with Gasteiger partial charge in [-0.3, -0.25) is 4.79 Å².